The molecular formula is C26H26O5. The molecule has 3 aromatic rings. The number of benzene rings is 3. The molecule has 4 rings (SSSR count). The Balaban J connectivity index is 1.36. The zero-order valence-electron chi connectivity index (χ0n) is 17.6. The predicted molar refractivity (Wildman–Crippen MR) is 117 cm³/mol. The number of hydrogen-bond acceptors (Lipinski definition) is 5. The fourth-order valence-corrected chi connectivity index (χ4v) is 3.60. The molecule has 5 nitrogen and oxygen atoms in total. The van der Waals surface area contributed by atoms with Crippen LogP contribution in [0.25, 0.3) is 0 Å². The molecule has 0 unspecified atom stereocenters. The van der Waals surface area contributed by atoms with Crippen LogP contribution in [-0.2, 0) is 26.3 Å². The van der Waals surface area contributed by atoms with Crippen LogP contribution in [0.5, 0.6) is 17.2 Å². The topological polar surface area (TPSA) is 54.0 Å². The van der Waals surface area contributed by atoms with Crippen molar-refractivity contribution in [1.82, 2.24) is 0 Å². The molecule has 0 atom stereocenters. The second-order valence-corrected chi connectivity index (χ2v) is 7.63. The van der Waals surface area contributed by atoms with Crippen LogP contribution in [0.15, 0.2) is 78.9 Å². The van der Waals surface area contributed by atoms with Crippen molar-refractivity contribution in [1.29, 1.82) is 0 Å². The van der Waals surface area contributed by atoms with Gasteiger partial charge < -0.3 is 18.9 Å². The molecule has 0 aromatic heterocycles. The highest BCUT2D eigenvalue weighted by Crippen LogP contribution is 2.37. The number of hydrogen-bond donors (Lipinski definition) is 0. The van der Waals surface area contributed by atoms with Crippen molar-refractivity contribution in [2.24, 2.45) is 0 Å². The third-order valence-electron chi connectivity index (χ3n) is 5.29. The van der Waals surface area contributed by atoms with Gasteiger partial charge in [0.2, 0.25) is 0 Å². The van der Waals surface area contributed by atoms with Gasteiger partial charge in [-0.15, -0.1) is 0 Å². The molecular weight excluding hydrogens is 392 g/mol. The second kappa shape index (κ2) is 9.67. The molecule has 160 valence electrons. The van der Waals surface area contributed by atoms with Gasteiger partial charge in [0.1, 0.15) is 23.9 Å². The number of esters is 1. The summed E-state index contributed by atoms with van der Waals surface area (Å²) in [6.45, 7) is 3.69. The van der Waals surface area contributed by atoms with Crippen LogP contribution >= 0.6 is 0 Å². The summed E-state index contributed by atoms with van der Waals surface area (Å²) in [6, 6.07) is 25.4. The Morgan fingerprint density at radius 2 is 1.65 bits per heavy atom. The van der Waals surface area contributed by atoms with Crippen LogP contribution < -0.4 is 9.47 Å². The van der Waals surface area contributed by atoms with Crippen molar-refractivity contribution in [3.63, 3.8) is 0 Å². The minimum Gasteiger partial charge on any atom is -0.489 e. The lowest BCUT2D eigenvalue weighted by Gasteiger charge is -2.41. The van der Waals surface area contributed by atoms with E-state index in [0.717, 1.165) is 28.4 Å². The number of carbonyl (C=O) groups excluding carboxylic acids is 1. The van der Waals surface area contributed by atoms with Gasteiger partial charge in [-0.3, -0.25) is 4.79 Å². The molecule has 31 heavy (non-hydrogen) atoms. The van der Waals surface area contributed by atoms with E-state index in [2.05, 4.69) is 0 Å². The summed E-state index contributed by atoms with van der Waals surface area (Å²) in [5, 5.41) is 0. The summed E-state index contributed by atoms with van der Waals surface area (Å²) in [6.07, 6.45) is 0.329. The Hall–Kier alpha value is -3.31. The van der Waals surface area contributed by atoms with Crippen LogP contribution in [0.1, 0.15) is 24.5 Å². The molecule has 0 N–H and O–H groups in total. The van der Waals surface area contributed by atoms with Crippen molar-refractivity contribution < 1.29 is 23.7 Å². The van der Waals surface area contributed by atoms with Gasteiger partial charge in [0.15, 0.2) is 0 Å². The first-order valence-electron chi connectivity index (χ1n) is 10.5. The zero-order valence-corrected chi connectivity index (χ0v) is 17.6. The van der Waals surface area contributed by atoms with Gasteiger partial charge in [0.25, 0.3) is 0 Å². The molecule has 5 heteroatoms. The molecule has 0 radical (unpaired) electrons. The quantitative estimate of drug-likeness (QED) is 0.443. The van der Waals surface area contributed by atoms with Gasteiger partial charge in [-0.05, 0) is 54.4 Å². The van der Waals surface area contributed by atoms with Crippen LogP contribution in [0.4, 0.5) is 0 Å². The van der Waals surface area contributed by atoms with E-state index in [1.807, 2.05) is 85.8 Å². The minimum absolute atomic E-state index is 0.191. The van der Waals surface area contributed by atoms with Gasteiger partial charge >= 0.3 is 5.97 Å². The fourth-order valence-electron chi connectivity index (χ4n) is 3.60. The van der Waals surface area contributed by atoms with Gasteiger partial charge in [-0.1, -0.05) is 42.5 Å². The average Bonchev–Trinajstić information content (AvgIpc) is 2.76. The maximum atomic E-state index is 12.0. The van der Waals surface area contributed by atoms with Crippen molar-refractivity contribution in [2.75, 3.05) is 19.8 Å². The summed E-state index contributed by atoms with van der Waals surface area (Å²) < 4.78 is 22.4. The highest BCUT2D eigenvalue weighted by molar-refractivity contribution is 5.72. The summed E-state index contributed by atoms with van der Waals surface area (Å²) in [7, 11) is 0. The number of carbonyl (C=O) groups is 1. The molecule has 1 aliphatic heterocycles. The Labute approximate surface area is 182 Å². The molecule has 1 saturated heterocycles. The van der Waals surface area contributed by atoms with E-state index < -0.39 is 0 Å². The zero-order chi connectivity index (χ0) is 21.5. The fraction of sp³-hybridized carbons (Fsp3) is 0.269. The molecule has 1 aliphatic rings. The van der Waals surface area contributed by atoms with Crippen molar-refractivity contribution in [3.8, 4) is 17.2 Å². The second-order valence-electron chi connectivity index (χ2n) is 7.63. The Morgan fingerprint density at radius 1 is 0.903 bits per heavy atom. The molecule has 0 saturated carbocycles. The smallest absolute Gasteiger partial charge is 0.306 e. The standard InChI is InChI=1S/C26H26O5/c1-2-29-25(27)16-26(18-28-19-26)21-11-13-22(14-12-21)30-17-20-7-6-10-24(15-20)31-23-8-4-3-5-9-23/h3-15H,2,16-19H2,1H3. The van der Waals surface area contributed by atoms with Crippen LogP contribution in [0.2, 0.25) is 0 Å². The lowest BCUT2D eigenvalue weighted by Crippen LogP contribution is -2.48. The highest BCUT2D eigenvalue weighted by Gasteiger charge is 2.42. The van der Waals surface area contributed by atoms with Crippen molar-refractivity contribution in [2.45, 2.75) is 25.4 Å². The third-order valence-corrected chi connectivity index (χ3v) is 5.29. The molecule has 0 amide bonds. The van der Waals surface area contributed by atoms with E-state index in [0.29, 0.717) is 32.8 Å². The molecule has 0 spiro atoms. The average molecular weight is 418 g/mol. The van der Waals surface area contributed by atoms with E-state index in [-0.39, 0.29) is 11.4 Å². The summed E-state index contributed by atoms with van der Waals surface area (Å²) >= 11 is 0. The maximum Gasteiger partial charge on any atom is 0.306 e. The van der Waals surface area contributed by atoms with E-state index in [4.69, 9.17) is 18.9 Å². The van der Waals surface area contributed by atoms with Crippen molar-refractivity contribution in [3.05, 3.63) is 90.0 Å². The molecule has 3 aromatic carbocycles. The van der Waals surface area contributed by atoms with Gasteiger partial charge in [0, 0.05) is 0 Å². The van der Waals surface area contributed by atoms with E-state index >= 15 is 0 Å². The molecule has 1 heterocycles. The molecule has 1 fully saturated rings. The summed E-state index contributed by atoms with van der Waals surface area (Å²) in [4.78, 5) is 12.0. The highest BCUT2D eigenvalue weighted by atomic mass is 16.5. The summed E-state index contributed by atoms with van der Waals surface area (Å²) in [5.41, 5.74) is 1.79. The number of ether oxygens (including phenoxy) is 4. The number of rotatable bonds is 9. The summed E-state index contributed by atoms with van der Waals surface area (Å²) in [5.74, 6) is 2.15. The number of para-hydroxylation sites is 1. The SMILES string of the molecule is CCOC(=O)CC1(c2ccc(OCc3cccc(Oc4ccccc4)c3)cc2)COC1. The Bertz CT molecular complexity index is 994. The van der Waals surface area contributed by atoms with Gasteiger partial charge in [0.05, 0.1) is 31.7 Å². The normalized spacial score (nSPS) is 14.4. The Kier molecular flexibility index (Phi) is 6.53. The van der Waals surface area contributed by atoms with E-state index in [1.165, 1.54) is 0 Å². The van der Waals surface area contributed by atoms with E-state index in [9.17, 15) is 4.79 Å². The first-order valence-corrected chi connectivity index (χ1v) is 10.5. The molecule has 0 bridgehead atoms. The van der Waals surface area contributed by atoms with Gasteiger partial charge in [-0.2, -0.15) is 0 Å². The monoisotopic (exact) mass is 418 g/mol. The first-order chi connectivity index (χ1) is 15.2. The van der Waals surface area contributed by atoms with Crippen molar-refractivity contribution >= 4 is 5.97 Å². The van der Waals surface area contributed by atoms with Crippen LogP contribution in [-0.4, -0.2) is 25.8 Å². The van der Waals surface area contributed by atoms with Crippen LogP contribution in [0.3, 0.4) is 0 Å². The van der Waals surface area contributed by atoms with Gasteiger partial charge in [-0.25, -0.2) is 0 Å². The van der Waals surface area contributed by atoms with Crippen LogP contribution in [0, 0.1) is 0 Å². The lowest BCUT2D eigenvalue weighted by molar-refractivity contribution is -0.151. The minimum atomic E-state index is -0.298. The van der Waals surface area contributed by atoms with E-state index in [1.54, 1.807) is 0 Å². The lowest BCUT2D eigenvalue weighted by atomic mass is 9.76. The molecule has 0 aliphatic carbocycles. The largest absolute Gasteiger partial charge is 0.489 e. The maximum absolute atomic E-state index is 12.0. The Morgan fingerprint density at radius 3 is 2.32 bits per heavy atom. The first kappa shape index (κ1) is 20.9. The predicted octanol–water partition coefficient (Wildman–Crippen LogP) is 5.28. The third kappa shape index (κ3) is 5.25.